The number of hydrogen-bond acceptors (Lipinski definition) is 6. The summed E-state index contributed by atoms with van der Waals surface area (Å²) < 4.78 is 32.0. The normalized spacial score (nSPS) is 10.2. The number of benzene rings is 2. The van der Waals surface area contributed by atoms with Gasteiger partial charge in [-0.05, 0) is 42.5 Å². The lowest BCUT2D eigenvalue weighted by Crippen LogP contribution is -2.20. The number of rotatable bonds is 5. The highest BCUT2D eigenvalue weighted by Gasteiger charge is 2.14. The van der Waals surface area contributed by atoms with E-state index in [2.05, 4.69) is 10.3 Å². The van der Waals surface area contributed by atoms with Crippen molar-refractivity contribution < 1.29 is 23.1 Å². The first kappa shape index (κ1) is 19.1. The average Bonchev–Trinajstić information content (AvgIpc) is 3.16. The molecule has 0 aliphatic rings. The predicted octanol–water partition coefficient (Wildman–Crippen LogP) is 3.76. The van der Waals surface area contributed by atoms with E-state index in [-0.39, 0.29) is 22.0 Å². The highest BCUT2D eigenvalue weighted by atomic mass is 32.1. The van der Waals surface area contributed by atoms with E-state index in [9.17, 15) is 18.4 Å². The molecule has 9 heteroatoms. The molecule has 1 N–H and O–H groups in total. The van der Waals surface area contributed by atoms with E-state index >= 15 is 0 Å². The highest BCUT2D eigenvalue weighted by Crippen LogP contribution is 2.27. The number of ether oxygens (including phenoxy) is 1. The number of halogens is 2. The van der Waals surface area contributed by atoms with Crippen LogP contribution in [0.1, 0.15) is 15.9 Å². The van der Waals surface area contributed by atoms with Crippen LogP contribution in [0.4, 0.5) is 13.9 Å². The molecule has 0 fully saturated rings. The lowest BCUT2D eigenvalue weighted by atomic mass is 10.1. The summed E-state index contributed by atoms with van der Waals surface area (Å²) in [5, 5.41) is 12.8. The molecule has 3 rings (SSSR count). The van der Waals surface area contributed by atoms with Crippen molar-refractivity contribution in [2.75, 3.05) is 11.9 Å². The molecule has 0 aliphatic heterocycles. The molecule has 0 saturated heterocycles. The first-order valence-electron chi connectivity index (χ1n) is 7.84. The molecule has 0 atom stereocenters. The molecule has 1 heterocycles. The third-order valence-electron chi connectivity index (χ3n) is 3.54. The van der Waals surface area contributed by atoms with Crippen LogP contribution in [0.5, 0.6) is 0 Å². The molecule has 2 aromatic carbocycles. The number of anilines is 1. The molecule has 0 unspecified atom stereocenters. The Morgan fingerprint density at radius 1 is 1.18 bits per heavy atom. The Labute approximate surface area is 162 Å². The summed E-state index contributed by atoms with van der Waals surface area (Å²) in [6.45, 7) is -0.553. The lowest BCUT2D eigenvalue weighted by Gasteiger charge is -2.05. The topological polar surface area (TPSA) is 92.1 Å². The van der Waals surface area contributed by atoms with E-state index < -0.39 is 30.1 Å². The van der Waals surface area contributed by atoms with Crippen molar-refractivity contribution in [1.82, 2.24) is 4.98 Å². The van der Waals surface area contributed by atoms with Crippen LogP contribution in [0, 0.1) is 23.0 Å². The van der Waals surface area contributed by atoms with Gasteiger partial charge in [-0.3, -0.25) is 10.1 Å². The molecule has 0 aliphatic carbocycles. The van der Waals surface area contributed by atoms with Gasteiger partial charge in [0.25, 0.3) is 5.91 Å². The molecule has 28 heavy (non-hydrogen) atoms. The van der Waals surface area contributed by atoms with Gasteiger partial charge in [-0.2, -0.15) is 5.26 Å². The number of nitriles is 1. The predicted molar refractivity (Wildman–Crippen MR) is 97.5 cm³/mol. The molecule has 6 nitrogen and oxygen atoms in total. The fourth-order valence-electron chi connectivity index (χ4n) is 2.20. The van der Waals surface area contributed by atoms with Crippen molar-refractivity contribution >= 4 is 28.3 Å². The second-order valence-corrected chi connectivity index (χ2v) is 6.33. The zero-order valence-electron chi connectivity index (χ0n) is 14.1. The van der Waals surface area contributed by atoms with Crippen LogP contribution in [0.15, 0.2) is 47.8 Å². The summed E-state index contributed by atoms with van der Waals surface area (Å²) in [5.41, 5.74) is 0.740. The number of nitrogens with one attached hydrogen (secondary N) is 1. The fourth-order valence-corrected chi connectivity index (χ4v) is 2.93. The third-order valence-corrected chi connectivity index (χ3v) is 4.30. The van der Waals surface area contributed by atoms with Crippen LogP contribution in [0.3, 0.4) is 0 Å². The number of esters is 1. The summed E-state index contributed by atoms with van der Waals surface area (Å²) in [4.78, 5) is 27.8. The molecule has 0 radical (unpaired) electrons. The van der Waals surface area contributed by atoms with E-state index in [1.807, 2.05) is 6.07 Å². The molecule has 1 amide bonds. The van der Waals surface area contributed by atoms with Crippen LogP contribution in [-0.4, -0.2) is 23.5 Å². The maximum absolute atomic E-state index is 13.8. The minimum atomic E-state index is -0.721. The van der Waals surface area contributed by atoms with Gasteiger partial charge in [-0.25, -0.2) is 18.6 Å². The first-order chi connectivity index (χ1) is 13.5. The van der Waals surface area contributed by atoms with Crippen molar-refractivity contribution in [3.63, 3.8) is 0 Å². The maximum Gasteiger partial charge on any atom is 0.338 e. The van der Waals surface area contributed by atoms with Gasteiger partial charge < -0.3 is 4.74 Å². The zero-order chi connectivity index (χ0) is 20.1. The third kappa shape index (κ3) is 4.55. The number of hydrogen-bond donors (Lipinski definition) is 1. The fraction of sp³-hybridized carbons (Fsp3) is 0.0526. The molecule has 0 bridgehead atoms. The van der Waals surface area contributed by atoms with Crippen molar-refractivity contribution in [2.24, 2.45) is 0 Å². The van der Waals surface area contributed by atoms with Crippen molar-refractivity contribution in [3.05, 3.63) is 70.6 Å². The standard InChI is InChI=1S/C19H11F2N3O3S/c20-13-5-6-15(21)14(7-13)16-10-28-19(23-16)24-17(25)9-27-18(26)12-3-1-11(8-22)2-4-12/h1-7,10H,9H2,(H,23,24,25). The number of carbonyl (C=O) groups is 2. The van der Waals surface area contributed by atoms with Crippen molar-refractivity contribution in [1.29, 1.82) is 5.26 Å². The van der Waals surface area contributed by atoms with Crippen LogP contribution in [-0.2, 0) is 9.53 Å². The second-order valence-electron chi connectivity index (χ2n) is 5.48. The number of amides is 1. The minimum Gasteiger partial charge on any atom is -0.452 e. The molecule has 140 valence electrons. The Morgan fingerprint density at radius 3 is 2.64 bits per heavy atom. The van der Waals surface area contributed by atoms with Gasteiger partial charge in [0.2, 0.25) is 0 Å². The Kier molecular flexibility index (Phi) is 5.72. The molecular weight excluding hydrogens is 388 g/mol. The Bertz CT molecular complexity index is 1070. The van der Waals surface area contributed by atoms with E-state index in [1.165, 1.54) is 29.6 Å². The van der Waals surface area contributed by atoms with Gasteiger partial charge in [0.1, 0.15) is 11.6 Å². The number of nitrogens with zero attached hydrogens (tertiary/aromatic N) is 2. The highest BCUT2D eigenvalue weighted by molar-refractivity contribution is 7.14. The van der Waals surface area contributed by atoms with Crippen molar-refractivity contribution in [3.8, 4) is 17.3 Å². The molecule has 0 saturated carbocycles. The SMILES string of the molecule is N#Cc1ccc(C(=O)OCC(=O)Nc2nc(-c3cc(F)ccc3F)cs2)cc1. The van der Waals surface area contributed by atoms with Gasteiger partial charge in [0.15, 0.2) is 11.7 Å². The Balaban J connectivity index is 1.58. The molecule has 1 aromatic heterocycles. The molecule has 0 spiro atoms. The van der Waals surface area contributed by atoms with Crippen LogP contribution >= 0.6 is 11.3 Å². The van der Waals surface area contributed by atoms with E-state index in [0.29, 0.717) is 5.56 Å². The zero-order valence-corrected chi connectivity index (χ0v) is 14.9. The monoisotopic (exact) mass is 399 g/mol. The summed E-state index contributed by atoms with van der Waals surface area (Å²) >= 11 is 1.02. The van der Waals surface area contributed by atoms with Gasteiger partial charge in [0.05, 0.1) is 22.9 Å². The number of carbonyl (C=O) groups excluding carboxylic acids is 2. The van der Waals surface area contributed by atoms with E-state index in [1.54, 1.807) is 0 Å². The minimum absolute atomic E-state index is 0.0241. The summed E-state index contributed by atoms with van der Waals surface area (Å²) in [5.74, 6) is -2.60. The van der Waals surface area contributed by atoms with Gasteiger partial charge in [0, 0.05) is 10.9 Å². The van der Waals surface area contributed by atoms with Crippen LogP contribution in [0.2, 0.25) is 0 Å². The smallest absolute Gasteiger partial charge is 0.338 e. The van der Waals surface area contributed by atoms with Crippen LogP contribution in [0.25, 0.3) is 11.3 Å². The number of thiazole rings is 1. The Hall–Kier alpha value is -3.64. The summed E-state index contributed by atoms with van der Waals surface area (Å²) in [7, 11) is 0. The maximum atomic E-state index is 13.8. The largest absolute Gasteiger partial charge is 0.452 e. The van der Waals surface area contributed by atoms with Gasteiger partial charge in [-0.15, -0.1) is 11.3 Å². The molecule has 3 aromatic rings. The van der Waals surface area contributed by atoms with Crippen LogP contribution < -0.4 is 5.32 Å². The summed E-state index contributed by atoms with van der Waals surface area (Å²) in [6.07, 6.45) is 0. The number of aromatic nitrogens is 1. The molecular formula is C19H11F2N3O3S. The lowest BCUT2D eigenvalue weighted by molar-refractivity contribution is -0.119. The van der Waals surface area contributed by atoms with Crippen molar-refractivity contribution in [2.45, 2.75) is 0 Å². The summed E-state index contributed by atoms with van der Waals surface area (Å²) in [6, 6.07) is 10.7. The Morgan fingerprint density at radius 2 is 1.93 bits per heavy atom. The second kappa shape index (κ2) is 8.37. The average molecular weight is 399 g/mol. The van der Waals surface area contributed by atoms with E-state index in [4.69, 9.17) is 10.00 Å². The van der Waals surface area contributed by atoms with Gasteiger partial charge in [-0.1, -0.05) is 0 Å². The first-order valence-corrected chi connectivity index (χ1v) is 8.72. The van der Waals surface area contributed by atoms with Gasteiger partial charge >= 0.3 is 5.97 Å². The van der Waals surface area contributed by atoms with E-state index in [0.717, 1.165) is 29.5 Å². The quantitative estimate of drug-likeness (QED) is 0.660.